The molecule has 0 spiro atoms. The maximum atomic E-state index is 5.98. The molecule has 2 fully saturated rings. The Kier molecular flexibility index (Phi) is 3.48. The van der Waals surface area contributed by atoms with E-state index in [-0.39, 0.29) is 0 Å². The van der Waals surface area contributed by atoms with Crippen molar-refractivity contribution in [3.05, 3.63) is 24.4 Å². The summed E-state index contributed by atoms with van der Waals surface area (Å²) in [5.41, 5.74) is 5.98. The maximum absolute atomic E-state index is 5.98. The molecule has 18 heavy (non-hydrogen) atoms. The van der Waals surface area contributed by atoms with Crippen LogP contribution < -0.4 is 11.1 Å². The van der Waals surface area contributed by atoms with Crippen molar-refractivity contribution in [2.75, 3.05) is 18.4 Å². The van der Waals surface area contributed by atoms with Gasteiger partial charge in [0.2, 0.25) is 0 Å². The van der Waals surface area contributed by atoms with Crippen LogP contribution in [0.1, 0.15) is 25.7 Å². The average Bonchev–Trinajstić information content (AvgIpc) is 2.99. The molecule has 2 aliphatic rings. The fraction of sp³-hybridized carbons (Fsp3) is 0.643. The highest BCUT2D eigenvalue weighted by molar-refractivity contribution is 5.34. The van der Waals surface area contributed by atoms with E-state index in [0.29, 0.717) is 12.1 Å². The molecule has 2 heterocycles. The van der Waals surface area contributed by atoms with Gasteiger partial charge in [-0.05, 0) is 37.8 Å². The van der Waals surface area contributed by atoms with E-state index >= 15 is 0 Å². The Morgan fingerprint density at radius 3 is 2.94 bits per heavy atom. The average molecular weight is 246 g/mol. The number of pyridine rings is 1. The standard InChI is InChI=1S/C14H22N4/c15-11-6-8-18(10-11)13-5-4-12(9-13)17-14-3-1-2-7-16-14/h1-3,7,11-13H,4-6,8-10,15H2,(H,16,17)/t11-,12?,13?/m0/s1. The molecule has 0 aromatic carbocycles. The largest absolute Gasteiger partial charge is 0.367 e. The summed E-state index contributed by atoms with van der Waals surface area (Å²) in [7, 11) is 0. The summed E-state index contributed by atoms with van der Waals surface area (Å²) in [6, 6.07) is 7.71. The molecule has 4 heteroatoms. The van der Waals surface area contributed by atoms with E-state index in [1.807, 2.05) is 24.4 Å². The van der Waals surface area contributed by atoms with E-state index in [1.165, 1.54) is 25.8 Å². The SMILES string of the molecule is N[C@H]1CCN(C2CCC(Nc3ccccn3)C2)C1. The molecule has 3 N–H and O–H groups in total. The predicted octanol–water partition coefficient (Wildman–Crippen LogP) is 1.45. The molecule has 1 aromatic heterocycles. The first-order chi connectivity index (χ1) is 8.81. The molecule has 3 rings (SSSR count). The Hall–Kier alpha value is -1.13. The number of hydrogen-bond donors (Lipinski definition) is 2. The molecule has 98 valence electrons. The van der Waals surface area contributed by atoms with Crippen LogP contribution in [0.2, 0.25) is 0 Å². The summed E-state index contributed by atoms with van der Waals surface area (Å²) >= 11 is 0. The summed E-state index contributed by atoms with van der Waals surface area (Å²) in [6.07, 6.45) is 6.76. The van der Waals surface area contributed by atoms with Crippen LogP contribution in [0.3, 0.4) is 0 Å². The Labute approximate surface area is 109 Å². The predicted molar refractivity (Wildman–Crippen MR) is 73.5 cm³/mol. The molecule has 1 saturated carbocycles. The number of anilines is 1. The summed E-state index contributed by atoms with van der Waals surface area (Å²) in [6.45, 7) is 2.27. The lowest BCUT2D eigenvalue weighted by Gasteiger charge is -2.23. The van der Waals surface area contributed by atoms with E-state index in [9.17, 15) is 0 Å². The number of nitrogens with two attached hydrogens (primary N) is 1. The molecule has 0 bridgehead atoms. The highest BCUT2D eigenvalue weighted by Crippen LogP contribution is 2.28. The smallest absolute Gasteiger partial charge is 0.126 e. The van der Waals surface area contributed by atoms with Crippen molar-refractivity contribution in [2.45, 2.75) is 43.8 Å². The van der Waals surface area contributed by atoms with E-state index < -0.39 is 0 Å². The number of rotatable bonds is 3. The third-order valence-corrected chi connectivity index (χ3v) is 4.19. The van der Waals surface area contributed by atoms with Gasteiger partial charge in [-0.1, -0.05) is 6.07 Å². The van der Waals surface area contributed by atoms with Crippen molar-refractivity contribution in [3.8, 4) is 0 Å². The van der Waals surface area contributed by atoms with Gasteiger partial charge in [0.25, 0.3) is 0 Å². The Balaban J connectivity index is 1.52. The maximum Gasteiger partial charge on any atom is 0.126 e. The second-order valence-corrected chi connectivity index (χ2v) is 5.57. The Bertz CT molecular complexity index is 381. The number of aromatic nitrogens is 1. The first-order valence-corrected chi connectivity index (χ1v) is 6.98. The first kappa shape index (κ1) is 11.9. The lowest BCUT2D eigenvalue weighted by Crippen LogP contribution is -2.34. The van der Waals surface area contributed by atoms with Crippen LogP contribution in [0.5, 0.6) is 0 Å². The Morgan fingerprint density at radius 1 is 1.28 bits per heavy atom. The molecule has 2 unspecified atom stereocenters. The van der Waals surface area contributed by atoms with Gasteiger partial charge in [0.15, 0.2) is 0 Å². The van der Waals surface area contributed by atoms with E-state index in [2.05, 4.69) is 15.2 Å². The van der Waals surface area contributed by atoms with Crippen molar-refractivity contribution >= 4 is 5.82 Å². The normalized spacial score (nSPS) is 32.8. The summed E-state index contributed by atoms with van der Waals surface area (Å²) in [4.78, 5) is 6.91. The van der Waals surface area contributed by atoms with Crippen molar-refractivity contribution < 1.29 is 0 Å². The molecule has 3 atom stereocenters. The highest BCUT2D eigenvalue weighted by Gasteiger charge is 2.32. The molecule has 1 aliphatic carbocycles. The number of likely N-dealkylation sites (tertiary alicyclic amines) is 1. The molecular formula is C14H22N4. The van der Waals surface area contributed by atoms with Crippen molar-refractivity contribution in [1.29, 1.82) is 0 Å². The number of hydrogen-bond acceptors (Lipinski definition) is 4. The third kappa shape index (κ3) is 2.65. The van der Waals surface area contributed by atoms with Crippen molar-refractivity contribution in [2.24, 2.45) is 5.73 Å². The van der Waals surface area contributed by atoms with Crippen molar-refractivity contribution in [3.63, 3.8) is 0 Å². The van der Waals surface area contributed by atoms with Gasteiger partial charge in [0, 0.05) is 37.4 Å². The highest BCUT2D eigenvalue weighted by atomic mass is 15.2. The van der Waals surface area contributed by atoms with E-state index in [0.717, 1.165) is 24.8 Å². The van der Waals surface area contributed by atoms with Crippen LogP contribution in [-0.4, -0.2) is 41.1 Å². The fourth-order valence-corrected chi connectivity index (χ4v) is 3.22. The minimum absolute atomic E-state index is 0.396. The zero-order valence-electron chi connectivity index (χ0n) is 10.8. The molecule has 4 nitrogen and oxygen atoms in total. The van der Waals surface area contributed by atoms with Gasteiger partial charge in [0.05, 0.1) is 0 Å². The third-order valence-electron chi connectivity index (χ3n) is 4.19. The van der Waals surface area contributed by atoms with E-state index in [1.54, 1.807) is 0 Å². The topological polar surface area (TPSA) is 54.2 Å². The van der Waals surface area contributed by atoms with Crippen LogP contribution in [0.25, 0.3) is 0 Å². The zero-order valence-corrected chi connectivity index (χ0v) is 10.8. The number of nitrogens with one attached hydrogen (secondary N) is 1. The van der Waals surface area contributed by atoms with Crippen LogP contribution >= 0.6 is 0 Å². The molecule has 1 saturated heterocycles. The lowest BCUT2D eigenvalue weighted by atomic mass is 10.2. The van der Waals surface area contributed by atoms with Crippen LogP contribution in [0, 0.1) is 0 Å². The van der Waals surface area contributed by atoms with Gasteiger partial charge in [-0.15, -0.1) is 0 Å². The van der Waals surface area contributed by atoms with Gasteiger partial charge in [-0.25, -0.2) is 4.98 Å². The van der Waals surface area contributed by atoms with Gasteiger partial charge in [-0.3, -0.25) is 4.90 Å². The zero-order chi connectivity index (χ0) is 12.4. The van der Waals surface area contributed by atoms with Gasteiger partial charge >= 0.3 is 0 Å². The van der Waals surface area contributed by atoms with E-state index in [4.69, 9.17) is 5.73 Å². The fourth-order valence-electron chi connectivity index (χ4n) is 3.22. The monoisotopic (exact) mass is 246 g/mol. The molecule has 0 amide bonds. The van der Waals surface area contributed by atoms with Gasteiger partial charge < -0.3 is 11.1 Å². The molecule has 0 radical (unpaired) electrons. The van der Waals surface area contributed by atoms with Crippen molar-refractivity contribution in [1.82, 2.24) is 9.88 Å². The summed E-state index contributed by atoms with van der Waals surface area (Å²) < 4.78 is 0. The Morgan fingerprint density at radius 2 is 2.22 bits per heavy atom. The molecule has 1 aromatic rings. The molecular weight excluding hydrogens is 224 g/mol. The molecule has 1 aliphatic heterocycles. The quantitative estimate of drug-likeness (QED) is 0.847. The van der Waals surface area contributed by atoms with Crippen LogP contribution in [0.15, 0.2) is 24.4 Å². The summed E-state index contributed by atoms with van der Waals surface area (Å²) in [5.74, 6) is 1.00. The van der Waals surface area contributed by atoms with Crippen LogP contribution in [-0.2, 0) is 0 Å². The minimum atomic E-state index is 0.396. The second-order valence-electron chi connectivity index (χ2n) is 5.57. The van der Waals surface area contributed by atoms with Gasteiger partial charge in [-0.2, -0.15) is 0 Å². The van der Waals surface area contributed by atoms with Crippen LogP contribution in [0.4, 0.5) is 5.82 Å². The number of nitrogens with zero attached hydrogens (tertiary/aromatic N) is 2. The first-order valence-electron chi connectivity index (χ1n) is 6.98. The summed E-state index contributed by atoms with van der Waals surface area (Å²) in [5, 5.41) is 3.54. The second kappa shape index (κ2) is 5.24. The van der Waals surface area contributed by atoms with Gasteiger partial charge in [0.1, 0.15) is 5.82 Å². The lowest BCUT2D eigenvalue weighted by molar-refractivity contribution is 0.242. The minimum Gasteiger partial charge on any atom is -0.367 e.